The van der Waals surface area contributed by atoms with Crippen molar-refractivity contribution in [1.82, 2.24) is 9.62 Å². The van der Waals surface area contributed by atoms with Crippen LogP contribution in [0.3, 0.4) is 0 Å². The lowest BCUT2D eigenvalue weighted by Crippen LogP contribution is -2.41. The van der Waals surface area contributed by atoms with E-state index >= 15 is 0 Å². The maximum absolute atomic E-state index is 13.1. The average Bonchev–Trinajstić information content (AvgIpc) is 2.83. The van der Waals surface area contributed by atoms with Crippen LogP contribution in [0, 0.1) is 0 Å². The lowest BCUT2D eigenvalue weighted by atomic mass is 9.80. The molecule has 154 valence electrons. The molecule has 8 heteroatoms. The van der Waals surface area contributed by atoms with Crippen LogP contribution in [0.2, 0.25) is 6.82 Å². The van der Waals surface area contributed by atoms with Crippen molar-refractivity contribution in [2.75, 3.05) is 0 Å². The summed E-state index contributed by atoms with van der Waals surface area (Å²) in [5, 5.41) is 6.64. The molecule has 0 N–H and O–H groups in total. The van der Waals surface area contributed by atoms with E-state index in [0.29, 0.717) is 40.4 Å². The molecule has 0 saturated heterocycles. The van der Waals surface area contributed by atoms with Gasteiger partial charge in [-0.2, -0.15) is 0 Å². The molecule has 2 aliphatic heterocycles. The molecule has 0 unspecified atom stereocenters. The van der Waals surface area contributed by atoms with Gasteiger partial charge in [0.1, 0.15) is 0 Å². The van der Waals surface area contributed by atoms with Crippen molar-refractivity contribution in [2.45, 2.75) is 6.82 Å². The minimum atomic E-state index is -0.317. The molecule has 0 spiro atoms. The van der Waals surface area contributed by atoms with Crippen molar-refractivity contribution in [2.24, 2.45) is 0 Å². The summed E-state index contributed by atoms with van der Waals surface area (Å²) in [6.45, 7) is 1.79. The predicted octanol–water partition coefficient (Wildman–Crippen LogP) is 2.88. The molecular formula is C25H14B2N2O4. The molecule has 0 aliphatic carbocycles. The first-order valence-corrected chi connectivity index (χ1v) is 10.8. The van der Waals surface area contributed by atoms with Crippen LogP contribution in [0.5, 0.6) is 0 Å². The highest BCUT2D eigenvalue weighted by molar-refractivity contribution is 6.49. The van der Waals surface area contributed by atoms with Gasteiger partial charge in [-0.3, -0.25) is 19.2 Å². The summed E-state index contributed by atoms with van der Waals surface area (Å²) in [5.41, 5.74) is 2.05. The Labute approximate surface area is 188 Å². The van der Waals surface area contributed by atoms with E-state index in [1.54, 1.807) is 31.1 Å². The van der Waals surface area contributed by atoms with E-state index in [4.69, 9.17) is 0 Å². The SMILES string of the molecule is BN1C(=O)c2ccc3c4ccc5c6c(ccc(c7ccc(c2c37)C1=O)c64)C(=O)N(BC)C5=O. The number of nitrogens with zero attached hydrogens (tertiary/aromatic N) is 2. The fraction of sp³-hybridized carbons (Fsp3) is 0.0400. The van der Waals surface area contributed by atoms with E-state index in [-0.39, 0.29) is 23.6 Å². The van der Waals surface area contributed by atoms with Gasteiger partial charge in [0.05, 0.1) is 0 Å². The zero-order chi connectivity index (χ0) is 22.8. The van der Waals surface area contributed by atoms with E-state index < -0.39 is 0 Å². The quantitative estimate of drug-likeness (QED) is 0.178. The first kappa shape index (κ1) is 18.4. The van der Waals surface area contributed by atoms with Crippen molar-refractivity contribution in [3.05, 3.63) is 70.8 Å². The molecule has 5 aromatic carbocycles. The minimum Gasteiger partial charge on any atom is -0.328 e. The Bertz CT molecular complexity index is 1690. The van der Waals surface area contributed by atoms with E-state index in [1.165, 1.54) is 12.8 Å². The Balaban J connectivity index is 1.74. The molecule has 0 bridgehead atoms. The average molecular weight is 428 g/mol. The maximum Gasteiger partial charge on any atom is 0.248 e. The molecule has 33 heavy (non-hydrogen) atoms. The summed E-state index contributed by atoms with van der Waals surface area (Å²) >= 11 is 0. The standard InChI is InChI=1S/C25H14B2N2O4/c1-27-29-24(32)16-8-4-12-10-2-6-14-20-15(23(31)28(26)22(14)30)7-3-11(18(10)20)13-5-9-17(25(29)33)21(16)19(12)13/h2-9,27H,26H2,1H3. The predicted molar refractivity (Wildman–Crippen MR) is 130 cm³/mol. The van der Waals surface area contributed by atoms with Crippen LogP contribution in [0.15, 0.2) is 48.5 Å². The Hall–Kier alpha value is -4.19. The van der Waals surface area contributed by atoms with Crippen LogP contribution in [0.25, 0.3) is 43.1 Å². The Kier molecular flexibility index (Phi) is 3.22. The zero-order valence-corrected chi connectivity index (χ0v) is 17.9. The summed E-state index contributed by atoms with van der Waals surface area (Å²) in [6.07, 6.45) is 0. The van der Waals surface area contributed by atoms with Crippen molar-refractivity contribution < 1.29 is 19.2 Å². The Morgan fingerprint density at radius 2 is 0.879 bits per heavy atom. The highest BCUT2D eigenvalue weighted by Gasteiger charge is 2.35. The number of carbonyl (C=O) groups is 4. The first-order valence-electron chi connectivity index (χ1n) is 10.8. The second-order valence-corrected chi connectivity index (χ2v) is 8.67. The molecule has 6 nitrogen and oxygen atoms in total. The lowest BCUT2D eigenvalue weighted by molar-refractivity contribution is 0.0708. The second-order valence-electron chi connectivity index (χ2n) is 8.67. The van der Waals surface area contributed by atoms with Crippen LogP contribution in [-0.2, 0) is 0 Å². The number of fused-ring (bicyclic) bond motifs is 2. The molecule has 0 radical (unpaired) electrons. The molecule has 2 heterocycles. The van der Waals surface area contributed by atoms with Gasteiger partial charge in [0, 0.05) is 33.0 Å². The Morgan fingerprint density at radius 1 is 0.545 bits per heavy atom. The number of benzene rings is 5. The fourth-order valence-electron chi connectivity index (χ4n) is 5.73. The molecule has 0 saturated carbocycles. The van der Waals surface area contributed by atoms with Crippen LogP contribution < -0.4 is 0 Å². The number of rotatable bonds is 1. The highest BCUT2D eigenvalue weighted by atomic mass is 16.2. The molecule has 0 atom stereocenters. The lowest BCUT2D eigenvalue weighted by Gasteiger charge is -2.29. The molecule has 7 rings (SSSR count). The molecule has 0 fully saturated rings. The summed E-state index contributed by atoms with van der Waals surface area (Å²) < 4.78 is 0. The van der Waals surface area contributed by atoms with Crippen molar-refractivity contribution in [3.63, 3.8) is 0 Å². The summed E-state index contributed by atoms with van der Waals surface area (Å²) in [5.74, 6) is -1.20. The third kappa shape index (κ3) is 1.94. The van der Waals surface area contributed by atoms with Crippen LogP contribution >= 0.6 is 0 Å². The molecule has 2 aliphatic rings. The maximum atomic E-state index is 13.1. The summed E-state index contributed by atoms with van der Waals surface area (Å²) in [7, 11) is 1.81. The second kappa shape index (κ2) is 5.78. The smallest absolute Gasteiger partial charge is 0.248 e. The minimum absolute atomic E-state index is 0.283. The van der Waals surface area contributed by atoms with E-state index in [2.05, 4.69) is 0 Å². The normalized spacial score (nSPS) is 15.7. The summed E-state index contributed by atoms with van der Waals surface area (Å²) in [4.78, 5) is 54.3. The van der Waals surface area contributed by atoms with Crippen molar-refractivity contribution >= 4 is 82.1 Å². The largest absolute Gasteiger partial charge is 0.328 e. The fourth-order valence-corrected chi connectivity index (χ4v) is 5.73. The van der Waals surface area contributed by atoms with Gasteiger partial charge in [0.15, 0.2) is 0 Å². The van der Waals surface area contributed by atoms with Crippen LogP contribution in [0.4, 0.5) is 0 Å². The number of amides is 4. The number of carbonyl (C=O) groups excluding carboxylic acids is 4. The van der Waals surface area contributed by atoms with Gasteiger partial charge in [0.2, 0.25) is 39.0 Å². The third-order valence-electron chi connectivity index (χ3n) is 7.24. The molecule has 0 aromatic heterocycles. The van der Waals surface area contributed by atoms with Crippen LogP contribution in [-0.4, -0.2) is 48.6 Å². The summed E-state index contributed by atoms with van der Waals surface area (Å²) in [6, 6.07) is 14.8. The highest BCUT2D eigenvalue weighted by Crippen LogP contribution is 2.45. The van der Waals surface area contributed by atoms with Gasteiger partial charge in [-0.1, -0.05) is 31.1 Å². The van der Waals surface area contributed by atoms with Gasteiger partial charge >= 0.3 is 0 Å². The van der Waals surface area contributed by atoms with Gasteiger partial charge in [0.25, 0.3) is 0 Å². The molecule has 5 aromatic rings. The monoisotopic (exact) mass is 428 g/mol. The zero-order valence-electron chi connectivity index (χ0n) is 17.9. The van der Waals surface area contributed by atoms with Gasteiger partial charge in [-0.15, -0.1) is 0 Å². The van der Waals surface area contributed by atoms with E-state index in [0.717, 1.165) is 37.1 Å². The number of hydrogen-bond donors (Lipinski definition) is 0. The topological polar surface area (TPSA) is 74.8 Å². The third-order valence-corrected chi connectivity index (χ3v) is 7.24. The van der Waals surface area contributed by atoms with Gasteiger partial charge in [-0.25, -0.2) is 0 Å². The van der Waals surface area contributed by atoms with E-state index in [9.17, 15) is 19.2 Å². The van der Waals surface area contributed by atoms with Gasteiger partial charge in [-0.05, 0) is 56.6 Å². The number of imide groups is 2. The first-order chi connectivity index (χ1) is 15.9. The molecular weight excluding hydrogens is 414 g/mol. The number of hydrogen-bond acceptors (Lipinski definition) is 4. The Morgan fingerprint density at radius 3 is 1.21 bits per heavy atom. The van der Waals surface area contributed by atoms with Crippen LogP contribution in [0.1, 0.15) is 41.4 Å². The van der Waals surface area contributed by atoms with Crippen molar-refractivity contribution in [3.8, 4) is 0 Å². The van der Waals surface area contributed by atoms with Crippen molar-refractivity contribution in [1.29, 1.82) is 0 Å². The molecule has 4 amide bonds. The van der Waals surface area contributed by atoms with Gasteiger partial charge < -0.3 is 9.62 Å². The van der Waals surface area contributed by atoms with E-state index in [1.807, 2.05) is 24.3 Å².